The molecule has 0 spiro atoms. The standard InChI is InChI=1S/C14H13FN2OS2/c15-9-1-3-10(4-2-9)20-8-13-16-12-5-6-18-7-11(12)14(19)17-13/h1-4H,5-8H2,(H,16,17,19). The molecular weight excluding hydrogens is 295 g/mol. The van der Waals surface area contributed by atoms with E-state index in [0.29, 0.717) is 23.6 Å². The second-order valence-corrected chi connectivity index (χ2v) is 5.93. The van der Waals surface area contributed by atoms with Crippen molar-refractivity contribution in [3.63, 3.8) is 0 Å². The van der Waals surface area contributed by atoms with Gasteiger partial charge >= 0.3 is 0 Å². The van der Waals surface area contributed by atoms with E-state index >= 15 is 0 Å². The van der Waals surface area contributed by atoms with E-state index in [0.717, 1.165) is 28.4 Å². The zero-order chi connectivity index (χ0) is 13.9. The topological polar surface area (TPSA) is 37.9 Å². The number of hydrogen-bond acceptors (Lipinski definition) is 4. The van der Waals surface area contributed by atoms with Gasteiger partial charge in [0.05, 0.1) is 19.0 Å². The zero-order valence-corrected chi connectivity index (χ0v) is 12.3. The van der Waals surface area contributed by atoms with Gasteiger partial charge in [0.25, 0.3) is 0 Å². The van der Waals surface area contributed by atoms with Gasteiger partial charge < -0.3 is 9.72 Å². The van der Waals surface area contributed by atoms with Crippen molar-refractivity contribution in [3.8, 4) is 0 Å². The Labute approximate surface area is 125 Å². The fourth-order valence-electron chi connectivity index (χ4n) is 2.06. The fourth-order valence-corrected chi connectivity index (χ4v) is 3.12. The third-order valence-electron chi connectivity index (χ3n) is 3.09. The number of aromatic amines is 1. The Morgan fingerprint density at radius 3 is 2.95 bits per heavy atom. The lowest BCUT2D eigenvalue weighted by atomic mass is 10.1. The number of benzene rings is 1. The molecule has 2 heterocycles. The van der Waals surface area contributed by atoms with Crippen LogP contribution in [0.5, 0.6) is 0 Å². The van der Waals surface area contributed by atoms with Crippen LogP contribution in [0.2, 0.25) is 0 Å². The predicted molar refractivity (Wildman–Crippen MR) is 78.7 cm³/mol. The molecule has 20 heavy (non-hydrogen) atoms. The SMILES string of the molecule is Fc1ccc(SCc2nc(=S)c3c([nH]2)CCOC3)cc1. The maximum Gasteiger partial charge on any atom is 0.135 e. The van der Waals surface area contributed by atoms with Crippen LogP contribution in [-0.2, 0) is 23.5 Å². The smallest absolute Gasteiger partial charge is 0.135 e. The first kappa shape index (κ1) is 13.7. The molecule has 2 aromatic rings. The summed E-state index contributed by atoms with van der Waals surface area (Å²) in [6.45, 7) is 1.26. The molecule has 0 saturated heterocycles. The van der Waals surface area contributed by atoms with Crippen molar-refractivity contribution in [2.75, 3.05) is 6.61 Å². The van der Waals surface area contributed by atoms with E-state index in [-0.39, 0.29) is 5.82 Å². The van der Waals surface area contributed by atoms with Gasteiger partial charge in [0.1, 0.15) is 16.3 Å². The fraction of sp³-hybridized carbons (Fsp3) is 0.286. The van der Waals surface area contributed by atoms with Gasteiger partial charge in [-0.1, -0.05) is 12.2 Å². The molecule has 0 amide bonds. The Balaban J connectivity index is 1.76. The number of aromatic nitrogens is 2. The minimum absolute atomic E-state index is 0.222. The van der Waals surface area contributed by atoms with Crippen LogP contribution in [-0.4, -0.2) is 16.6 Å². The summed E-state index contributed by atoms with van der Waals surface area (Å²) in [4.78, 5) is 8.75. The monoisotopic (exact) mass is 308 g/mol. The van der Waals surface area contributed by atoms with Crippen molar-refractivity contribution in [2.24, 2.45) is 0 Å². The lowest BCUT2D eigenvalue weighted by molar-refractivity contribution is 0.108. The molecule has 3 rings (SSSR count). The van der Waals surface area contributed by atoms with Gasteiger partial charge in [0.2, 0.25) is 0 Å². The highest BCUT2D eigenvalue weighted by atomic mass is 32.2. The van der Waals surface area contributed by atoms with Crippen LogP contribution in [0.15, 0.2) is 29.2 Å². The molecule has 0 radical (unpaired) electrons. The summed E-state index contributed by atoms with van der Waals surface area (Å²) in [7, 11) is 0. The minimum atomic E-state index is -0.222. The molecule has 0 aliphatic carbocycles. The molecule has 104 valence electrons. The highest BCUT2D eigenvalue weighted by molar-refractivity contribution is 7.98. The Morgan fingerprint density at radius 2 is 2.15 bits per heavy atom. The third kappa shape index (κ3) is 3.08. The number of ether oxygens (including phenoxy) is 1. The van der Waals surface area contributed by atoms with Gasteiger partial charge in [-0.2, -0.15) is 0 Å². The lowest BCUT2D eigenvalue weighted by Crippen LogP contribution is -2.14. The van der Waals surface area contributed by atoms with Crippen molar-refractivity contribution in [1.29, 1.82) is 0 Å². The number of fused-ring (bicyclic) bond motifs is 1. The average Bonchev–Trinajstić information content (AvgIpc) is 2.47. The van der Waals surface area contributed by atoms with Crippen molar-refractivity contribution in [1.82, 2.24) is 9.97 Å². The summed E-state index contributed by atoms with van der Waals surface area (Å²) in [5, 5.41) is 0. The zero-order valence-electron chi connectivity index (χ0n) is 10.7. The Kier molecular flexibility index (Phi) is 4.14. The van der Waals surface area contributed by atoms with Crippen LogP contribution >= 0.6 is 24.0 Å². The number of nitrogens with zero attached hydrogens (tertiary/aromatic N) is 1. The molecule has 1 N–H and O–H groups in total. The summed E-state index contributed by atoms with van der Waals surface area (Å²) in [6, 6.07) is 6.45. The molecule has 0 fully saturated rings. The molecule has 1 aromatic heterocycles. The predicted octanol–water partition coefficient (Wildman–Crippen LogP) is 3.64. The number of thioether (sulfide) groups is 1. The van der Waals surface area contributed by atoms with Crippen LogP contribution in [0.1, 0.15) is 17.1 Å². The van der Waals surface area contributed by atoms with Crippen LogP contribution in [0.3, 0.4) is 0 Å². The van der Waals surface area contributed by atoms with E-state index < -0.39 is 0 Å². The Bertz CT molecular complexity index is 670. The van der Waals surface area contributed by atoms with Gasteiger partial charge in [-0.25, -0.2) is 9.37 Å². The normalized spacial score (nSPS) is 14.1. The summed E-state index contributed by atoms with van der Waals surface area (Å²) in [6.07, 6.45) is 0.843. The molecule has 0 unspecified atom stereocenters. The molecule has 1 aromatic carbocycles. The van der Waals surface area contributed by atoms with Crippen LogP contribution < -0.4 is 0 Å². The molecule has 0 saturated carbocycles. The maximum absolute atomic E-state index is 12.8. The summed E-state index contributed by atoms with van der Waals surface area (Å²) in [5.41, 5.74) is 2.13. The summed E-state index contributed by atoms with van der Waals surface area (Å²) >= 11 is 6.91. The summed E-state index contributed by atoms with van der Waals surface area (Å²) < 4.78 is 18.8. The highest BCUT2D eigenvalue weighted by Crippen LogP contribution is 2.23. The number of nitrogens with one attached hydrogen (secondary N) is 1. The van der Waals surface area contributed by atoms with E-state index in [4.69, 9.17) is 17.0 Å². The van der Waals surface area contributed by atoms with Crippen molar-refractivity contribution in [2.45, 2.75) is 23.7 Å². The Hall–Kier alpha value is -1.24. The molecule has 3 nitrogen and oxygen atoms in total. The van der Waals surface area contributed by atoms with E-state index in [1.807, 2.05) is 0 Å². The maximum atomic E-state index is 12.8. The highest BCUT2D eigenvalue weighted by Gasteiger charge is 2.13. The van der Waals surface area contributed by atoms with Gasteiger partial charge in [0.15, 0.2) is 0 Å². The van der Waals surface area contributed by atoms with Crippen molar-refractivity contribution >= 4 is 24.0 Å². The Morgan fingerprint density at radius 1 is 1.35 bits per heavy atom. The van der Waals surface area contributed by atoms with Crippen molar-refractivity contribution < 1.29 is 9.13 Å². The lowest BCUT2D eigenvalue weighted by Gasteiger charge is -2.17. The van der Waals surface area contributed by atoms with Crippen LogP contribution in [0.25, 0.3) is 0 Å². The number of halogens is 1. The molecule has 1 aliphatic heterocycles. The third-order valence-corrected chi connectivity index (χ3v) is 4.45. The van der Waals surface area contributed by atoms with E-state index in [9.17, 15) is 4.39 Å². The van der Waals surface area contributed by atoms with Gasteiger partial charge in [-0.05, 0) is 24.3 Å². The molecule has 0 atom stereocenters. The first-order valence-electron chi connectivity index (χ1n) is 6.29. The molecular formula is C14H13FN2OS2. The minimum Gasteiger partial charge on any atom is -0.376 e. The van der Waals surface area contributed by atoms with E-state index in [2.05, 4.69) is 9.97 Å². The first-order valence-corrected chi connectivity index (χ1v) is 7.69. The molecule has 6 heteroatoms. The average molecular weight is 308 g/mol. The number of rotatable bonds is 3. The molecule has 1 aliphatic rings. The van der Waals surface area contributed by atoms with Gasteiger partial charge in [-0.3, -0.25) is 0 Å². The van der Waals surface area contributed by atoms with Crippen LogP contribution in [0.4, 0.5) is 4.39 Å². The van der Waals surface area contributed by atoms with Crippen molar-refractivity contribution in [3.05, 3.63) is 51.8 Å². The quantitative estimate of drug-likeness (QED) is 0.694. The van der Waals surface area contributed by atoms with E-state index in [1.165, 1.54) is 12.1 Å². The largest absolute Gasteiger partial charge is 0.376 e. The second kappa shape index (κ2) is 6.03. The second-order valence-electron chi connectivity index (χ2n) is 4.49. The van der Waals surface area contributed by atoms with Gasteiger partial charge in [-0.15, -0.1) is 11.8 Å². The van der Waals surface area contributed by atoms with Crippen LogP contribution in [0, 0.1) is 10.5 Å². The van der Waals surface area contributed by atoms with E-state index in [1.54, 1.807) is 23.9 Å². The summed E-state index contributed by atoms with van der Waals surface area (Å²) in [5.74, 6) is 1.31. The number of H-pyrrole nitrogens is 1. The molecule has 0 bridgehead atoms. The van der Waals surface area contributed by atoms with Gasteiger partial charge in [0, 0.05) is 22.6 Å². The number of hydrogen-bond donors (Lipinski definition) is 1. The first-order chi connectivity index (χ1) is 9.72.